The number of rotatable bonds is 12. The second-order valence-corrected chi connectivity index (χ2v) is 12.0. The molecule has 0 radical (unpaired) electrons. The van der Waals surface area contributed by atoms with Crippen molar-refractivity contribution in [1.82, 2.24) is 15.2 Å². The first-order chi connectivity index (χ1) is 22.1. The molecule has 7 nitrogen and oxygen atoms in total. The smallest absolute Gasteiger partial charge is 0.418 e. The van der Waals surface area contributed by atoms with E-state index in [1.165, 1.54) is 17.2 Å². The van der Waals surface area contributed by atoms with Gasteiger partial charge >= 0.3 is 12.2 Å². The van der Waals surface area contributed by atoms with Gasteiger partial charge in [0.25, 0.3) is 5.91 Å². The third kappa shape index (κ3) is 6.38. The molecule has 2 aliphatic rings. The molecule has 1 N–H and O–H groups in total. The Kier molecular flexibility index (Phi) is 8.88. The largest absolute Gasteiger partial charge is 0.493 e. The molecule has 4 aromatic rings. The molecule has 3 aromatic carbocycles. The van der Waals surface area contributed by atoms with Crippen LogP contribution in [0.2, 0.25) is 0 Å². The Morgan fingerprint density at radius 2 is 1.76 bits per heavy atom. The molecule has 1 atom stereocenters. The Balaban J connectivity index is 1.02. The minimum absolute atomic E-state index is 0.122. The molecule has 1 aromatic heterocycles. The van der Waals surface area contributed by atoms with E-state index in [-0.39, 0.29) is 17.5 Å². The number of pyridine rings is 1. The number of halogens is 3. The van der Waals surface area contributed by atoms with Crippen LogP contribution < -0.4 is 14.8 Å². The van der Waals surface area contributed by atoms with Crippen molar-refractivity contribution in [2.45, 2.75) is 63.6 Å². The number of aromatic nitrogens is 1. The van der Waals surface area contributed by atoms with Crippen molar-refractivity contribution in [3.63, 3.8) is 0 Å². The van der Waals surface area contributed by atoms with Crippen molar-refractivity contribution < 1.29 is 32.2 Å². The van der Waals surface area contributed by atoms with Gasteiger partial charge in [0.05, 0.1) is 24.3 Å². The van der Waals surface area contributed by atoms with Gasteiger partial charge in [-0.25, -0.2) is 4.79 Å². The molecule has 1 fully saturated rings. The van der Waals surface area contributed by atoms with E-state index in [1.807, 2.05) is 48.5 Å². The van der Waals surface area contributed by atoms with Gasteiger partial charge in [0.2, 0.25) is 0 Å². The van der Waals surface area contributed by atoms with Crippen LogP contribution in [0.3, 0.4) is 0 Å². The number of carbonyl (C=O) groups is 2. The van der Waals surface area contributed by atoms with E-state index in [0.717, 1.165) is 59.8 Å². The van der Waals surface area contributed by atoms with Gasteiger partial charge in [-0.05, 0) is 60.7 Å². The van der Waals surface area contributed by atoms with Gasteiger partial charge in [-0.3, -0.25) is 14.7 Å². The molecular weight excluding hydrogens is 595 g/mol. The van der Waals surface area contributed by atoms with E-state index in [1.54, 1.807) is 13.0 Å². The zero-order chi connectivity index (χ0) is 32.3. The minimum atomic E-state index is -4.53. The lowest BCUT2D eigenvalue weighted by molar-refractivity contribution is -0.136. The molecule has 1 saturated heterocycles. The summed E-state index contributed by atoms with van der Waals surface area (Å²) in [5, 5.41) is 3.22. The molecule has 0 saturated carbocycles. The second-order valence-electron chi connectivity index (χ2n) is 12.0. The van der Waals surface area contributed by atoms with Crippen molar-refractivity contribution in [3.8, 4) is 11.5 Å². The predicted molar refractivity (Wildman–Crippen MR) is 168 cm³/mol. The number of imide groups is 1. The summed E-state index contributed by atoms with van der Waals surface area (Å²) < 4.78 is 52.9. The highest BCUT2D eigenvalue weighted by molar-refractivity contribution is 6.07. The van der Waals surface area contributed by atoms with E-state index < -0.39 is 17.3 Å². The van der Waals surface area contributed by atoms with Gasteiger partial charge in [0, 0.05) is 36.5 Å². The number of hydrogen-bond acceptors (Lipinski definition) is 5. The molecule has 1 unspecified atom stereocenters. The van der Waals surface area contributed by atoms with Crippen molar-refractivity contribution in [2.75, 3.05) is 19.8 Å². The highest BCUT2D eigenvalue weighted by atomic mass is 19.4. The van der Waals surface area contributed by atoms with Gasteiger partial charge in [-0.2, -0.15) is 13.2 Å². The molecule has 3 amide bonds. The summed E-state index contributed by atoms with van der Waals surface area (Å²) in [5.74, 6) is 0.996. The topological polar surface area (TPSA) is 80.8 Å². The monoisotopic (exact) mass is 631 g/mol. The number of para-hydroxylation sites is 1. The van der Waals surface area contributed by atoms with Crippen LogP contribution in [0.4, 0.5) is 18.0 Å². The quantitative estimate of drug-likeness (QED) is 0.129. The van der Waals surface area contributed by atoms with Crippen LogP contribution in [0.1, 0.15) is 66.8 Å². The van der Waals surface area contributed by atoms with Crippen molar-refractivity contribution in [3.05, 3.63) is 101 Å². The Morgan fingerprint density at radius 1 is 0.978 bits per heavy atom. The Morgan fingerprint density at radius 3 is 2.57 bits per heavy atom. The summed E-state index contributed by atoms with van der Waals surface area (Å²) in [6, 6.07) is 19.0. The Bertz CT molecular complexity index is 1740. The van der Waals surface area contributed by atoms with Crippen LogP contribution in [-0.2, 0) is 29.4 Å². The fraction of sp³-hybridized carbons (Fsp3) is 0.361. The van der Waals surface area contributed by atoms with Crippen LogP contribution in [0.25, 0.3) is 10.9 Å². The number of nitrogens with one attached hydrogen (secondary N) is 1. The molecule has 6 rings (SSSR count). The number of carbonyl (C=O) groups excluding carboxylic acids is 2. The molecular formula is C36H36F3N3O4. The summed E-state index contributed by atoms with van der Waals surface area (Å²) in [5.41, 5.74) is 1.51. The molecule has 0 spiro atoms. The highest BCUT2D eigenvalue weighted by Gasteiger charge is 2.49. The molecule has 46 heavy (non-hydrogen) atoms. The molecule has 0 aliphatic carbocycles. The lowest BCUT2D eigenvalue weighted by Crippen LogP contribution is -2.41. The van der Waals surface area contributed by atoms with E-state index in [9.17, 15) is 22.8 Å². The van der Waals surface area contributed by atoms with E-state index in [0.29, 0.717) is 50.2 Å². The van der Waals surface area contributed by atoms with Gasteiger partial charge in [0.1, 0.15) is 17.0 Å². The molecule has 0 bridgehead atoms. The number of alkyl halides is 3. The first-order valence-electron chi connectivity index (χ1n) is 15.7. The third-order valence-electron chi connectivity index (χ3n) is 8.78. The average Bonchev–Trinajstić information content (AvgIpc) is 3.60. The number of amides is 3. The fourth-order valence-corrected chi connectivity index (χ4v) is 6.25. The van der Waals surface area contributed by atoms with Gasteiger partial charge in [-0.1, -0.05) is 61.7 Å². The first kappa shape index (κ1) is 31.4. The highest BCUT2D eigenvalue weighted by Crippen LogP contribution is 2.39. The Labute approximate surface area is 265 Å². The normalized spacial score (nSPS) is 17.7. The number of benzene rings is 3. The van der Waals surface area contributed by atoms with Gasteiger partial charge in [0.15, 0.2) is 0 Å². The van der Waals surface area contributed by atoms with Crippen molar-refractivity contribution >= 4 is 22.8 Å². The second kappa shape index (κ2) is 13.0. The fourth-order valence-electron chi connectivity index (χ4n) is 6.25. The maximum absolute atomic E-state index is 13.7. The van der Waals surface area contributed by atoms with Crippen molar-refractivity contribution in [2.24, 2.45) is 0 Å². The molecule has 10 heteroatoms. The zero-order valence-electron chi connectivity index (χ0n) is 25.7. The maximum atomic E-state index is 13.7. The summed E-state index contributed by atoms with van der Waals surface area (Å²) in [6.45, 7) is 3.03. The number of urea groups is 1. The van der Waals surface area contributed by atoms with Gasteiger partial charge in [-0.15, -0.1) is 0 Å². The number of hydrogen-bond donors (Lipinski definition) is 1. The molecule has 3 heterocycles. The summed E-state index contributed by atoms with van der Waals surface area (Å²) >= 11 is 0. The lowest BCUT2D eigenvalue weighted by atomic mass is 9.90. The Hall–Kier alpha value is -4.60. The van der Waals surface area contributed by atoms with Crippen molar-refractivity contribution in [1.29, 1.82) is 0 Å². The number of nitrogens with zero attached hydrogens (tertiary/aromatic N) is 2. The predicted octanol–water partition coefficient (Wildman–Crippen LogP) is 7.58. The standard InChI is InChI=1S/C36H36F3N3O4/c1-35(27-15-16-30-25(22-27)17-20-45-30)33(43)42(34(44)41-35)18-8-3-2-4-9-19-46-32-26(21-24-11-6-5-7-12-24)23-40-31-28(32)13-10-14-29(31)36(37,38)39/h5-7,10-16,22-23H,2-4,8-9,17-21H2,1H3,(H,41,44). The number of ether oxygens (including phenoxy) is 2. The van der Waals surface area contributed by atoms with E-state index in [4.69, 9.17) is 9.47 Å². The summed E-state index contributed by atoms with van der Waals surface area (Å²) in [7, 11) is 0. The first-order valence-corrected chi connectivity index (χ1v) is 15.7. The maximum Gasteiger partial charge on any atom is 0.418 e. The lowest BCUT2D eigenvalue weighted by Gasteiger charge is -2.23. The number of fused-ring (bicyclic) bond motifs is 2. The van der Waals surface area contributed by atoms with E-state index >= 15 is 0 Å². The SMILES string of the molecule is CC1(c2ccc3c(c2)CCO3)NC(=O)N(CCCCCCCOc2c(Cc3ccccc3)cnc3c(C(F)(F)F)cccc23)C1=O. The molecule has 2 aliphatic heterocycles. The van der Waals surface area contributed by atoms with Crippen LogP contribution >= 0.6 is 0 Å². The summed E-state index contributed by atoms with van der Waals surface area (Å²) in [6.07, 6.45) is 2.11. The van der Waals surface area contributed by atoms with E-state index in [2.05, 4.69) is 10.3 Å². The van der Waals surface area contributed by atoms with Crippen LogP contribution in [-0.4, -0.2) is 41.6 Å². The van der Waals surface area contributed by atoms with Crippen LogP contribution in [0.5, 0.6) is 11.5 Å². The molecule has 240 valence electrons. The zero-order valence-corrected chi connectivity index (χ0v) is 25.7. The third-order valence-corrected chi connectivity index (χ3v) is 8.78. The number of unbranched alkanes of at least 4 members (excludes halogenated alkanes) is 4. The van der Waals surface area contributed by atoms with Crippen LogP contribution in [0, 0.1) is 0 Å². The van der Waals surface area contributed by atoms with Gasteiger partial charge < -0.3 is 14.8 Å². The van der Waals surface area contributed by atoms with Crippen LogP contribution in [0.15, 0.2) is 72.9 Å². The minimum Gasteiger partial charge on any atom is -0.493 e. The summed E-state index contributed by atoms with van der Waals surface area (Å²) in [4.78, 5) is 31.6. The average molecular weight is 632 g/mol.